The van der Waals surface area contributed by atoms with Gasteiger partial charge in [0.05, 0.1) is 12.1 Å². The Balaban J connectivity index is 1.73. The average molecular weight is 297 g/mol. The molecule has 0 aliphatic carbocycles. The van der Waals surface area contributed by atoms with E-state index in [0.717, 1.165) is 11.3 Å². The maximum absolute atomic E-state index is 13.1. The van der Waals surface area contributed by atoms with Crippen LogP contribution in [-0.4, -0.2) is 15.3 Å². The zero-order valence-electron chi connectivity index (χ0n) is 12.4. The van der Waals surface area contributed by atoms with Gasteiger partial charge in [-0.1, -0.05) is 6.07 Å². The number of benzene rings is 1. The average Bonchev–Trinajstić information content (AvgIpc) is 2.84. The van der Waals surface area contributed by atoms with E-state index in [4.69, 9.17) is 0 Å². The molecule has 0 aliphatic rings. The van der Waals surface area contributed by atoms with E-state index in [9.17, 15) is 9.18 Å². The van der Waals surface area contributed by atoms with Crippen molar-refractivity contribution < 1.29 is 9.18 Å². The van der Waals surface area contributed by atoms with Gasteiger partial charge < -0.3 is 9.72 Å². The molecule has 0 fully saturated rings. The van der Waals surface area contributed by atoms with E-state index in [1.807, 2.05) is 32.0 Å². The number of aryl methyl sites for hydroxylation is 2. The zero-order chi connectivity index (χ0) is 15.7. The van der Waals surface area contributed by atoms with Crippen molar-refractivity contribution in [2.75, 3.05) is 5.32 Å². The summed E-state index contributed by atoms with van der Waals surface area (Å²) in [5, 5.41) is 2.85. The summed E-state index contributed by atoms with van der Waals surface area (Å²) in [6.45, 7) is 4.03. The van der Waals surface area contributed by atoms with Crippen LogP contribution in [0.1, 0.15) is 16.8 Å². The van der Waals surface area contributed by atoms with E-state index in [1.54, 1.807) is 16.7 Å². The molecule has 2 aromatic heterocycles. The van der Waals surface area contributed by atoms with Gasteiger partial charge in [-0.05, 0) is 49.2 Å². The second kappa shape index (κ2) is 5.60. The molecule has 22 heavy (non-hydrogen) atoms. The number of carbonyl (C=O) groups excluding carboxylic acids is 1. The molecule has 1 aromatic carbocycles. The van der Waals surface area contributed by atoms with Gasteiger partial charge in [0.25, 0.3) is 0 Å². The fraction of sp³-hybridized carbons (Fsp3) is 0.176. The smallest absolute Gasteiger partial charge is 0.230 e. The van der Waals surface area contributed by atoms with Crippen molar-refractivity contribution in [2.24, 2.45) is 0 Å². The fourth-order valence-electron chi connectivity index (χ4n) is 2.29. The number of imidazole rings is 1. The number of fused-ring (bicyclic) bond motifs is 1. The maximum Gasteiger partial charge on any atom is 0.230 e. The Hall–Kier alpha value is -2.69. The lowest BCUT2D eigenvalue weighted by Gasteiger charge is -2.06. The van der Waals surface area contributed by atoms with Gasteiger partial charge in [0.1, 0.15) is 11.5 Å². The van der Waals surface area contributed by atoms with Crippen LogP contribution in [0.15, 0.2) is 42.7 Å². The first-order valence-corrected chi connectivity index (χ1v) is 7.01. The number of hydrogen-bond donors (Lipinski definition) is 1. The molecular formula is C17H16FN3O. The number of rotatable bonds is 3. The molecule has 1 amide bonds. The lowest BCUT2D eigenvalue weighted by molar-refractivity contribution is -0.115. The van der Waals surface area contributed by atoms with Gasteiger partial charge in [-0.3, -0.25) is 4.79 Å². The minimum atomic E-state index is -0.337. The largest absolute Gasteiger partial charge is 0.326 e. The van der Waals surface area contributed by atoms with E-state index in [2.05, 4.69) is 10.3 Å². The lowest BCUT2D eigenvalue weighted by Crippen LogP contribution is -2.14. The second-order valence-corrected chi connectivity index (χ2v) is 5.37. The highest BCUT2D eigenvalue weighted by atomic mass is 19.1. The van der Waals surface area contributed by atoms with Crippen LogP contribution >= 0.6 is 0 Å². The van der Waals surface area contributed by atoms with Gasteiger partial charge in [0.15, 0.2) is 0 Å². The Morgan fingerprint density at radius 2 is 2.00 bits per heavy atom. The molecule has 5 heteroatoms. The molecule has 0 unspecified atom stereocenters. The first-order valence-electron chi connectivity index (χ1n) is 7.01. The molecule has 0 aliphatic heterocycles. The molecule has 112 valence electrons. The highest BCUT2D eigenvalue weighted by molar-refractivity contribution is 5.92. The molecule has 0 saturated carbocycles. The first kappa shape index (κ1) is 14.3. The minimum Gasteiger partial charge on any atom is -0.326 e. The molecule has 1 N–H and O–H groups in total. The summed E-state index contributed by atoms with van der Waals surface area (Å²) in [5.41, 5.74) is 4.30. The van der Waals surface area contributed by atoms with Crippen molar-refractivity contribution in [1.29, 1.82) is 0 Å². The van der Waals surface area contributed by atoms with E-state index in [0.29, 0.717) is 11.3 Å². The van der Waals surface area contributed by atoms with Crippen molar-refractivity contribution in [3.8, 4) is 0 Å². The standard InChI is InChI=1S/C17H16FN3O/c1-11-3-5-14(7-12(11)2)20-17(22)8-15-10-21-9-13(18)4-6-16(21)19-15/h3-7,9-10H,8H2,1-2H3,(H,20,22). The minimum absolute atomic E-state index is 0.146. The van der Waals surface area contributed by atoms with Crippen LogP contribution in [0.25, 0.3) is 5.65 Å². The molecule has 0 spiro atoms. The molecule has 0 saturated heterocycles. The highest BCUT2D eigenvalue weighted by Crippen LogP contribution is 2.15. The normalized spacial score (nSPS) is 10.9. The number of nitrogens with one attached hydrogen (secondary N) is 1. The van der Waals surface area contributed by atoms with E-state index >= 15 is 0 Å². The van der Waals surface area contributed by atoms with Crippen molar-refractivity contribution in [1.82, 2.24) is 9.38 Å². The predicted octanol–water partition coefficient (Wildman–Crippen LogP) is 3.27. The van der Waals surface area contributed by atoms with Crippen LogP contribution in [0, 0.1) is 19.7 Å². The number of aromatic nitrogens is 2. The summed E-state index contributed by atoms with van der Waals surface area (Å²) < 4.78 is 14.7. The van der Waals surface area contributed by atoms with Gasteiger partial charge in [-0.25, -0.2) is 9.37 Å². The van der Waals surface area contributed by atoms with Gasteiger partial charge in [0.2, 0.25) is 5.91 Å². The van der Waals surface area contributed by atoms with Crippen molar-refractivity contribution in [3.63, 3.8) is 0 Å². The molecule has 0 bridgehead atoms. The number of pyridine rings is 1. The number of anilines is 1. The van der Waals surface area contributed by atoms with Gasteiger partial charge in [-0.2, -0.15) is 0 Å². The SMILES string of the molecule is Cc1ccc(NC(=O)Cc2cn3cc(F)ccc3n2)cc1C. The third kappa shape index (κ3) is 2.98. The Kier molecular flexibility index (Phi) is 3.63. The number of nitrogens with zero attached hydrogens (tertiary/aromatic N) is 2. The number of carbonyl (C=O) groups is 1. The van der Waals surface area contributed by atoms with Gasteiger partial charge >= 0.3 is 0 Å². The number of amides is 1. The molecule has 0 atom stereocenters. The summed E-state index contributed by atoms with van der Waals surface area (Å²) in [4.78, 5) is 16.4. The quantitative estimate of drug-likeness (QED) is 0.806. The molecular weight excluding hydrogens is 281 g/mol. The summed E-state index contributed by atoms with van der Waals surface area (Å²) >= 11 is 0. The Bertz CT molecular complexity index is 854. The van der Waals surface area contributed by atoms with E-state index < -0.39 is 0 Å². The summed E-state index contributed by atoms with van der Waals surface area (Å²) in [6.07, 6.45) is 3.15. The summed E-state index contributed by atoms with van der Waals surface area (Å²) in [6, 6.07) is 8.71. The van der Waals surface area contributed by atoms with Crippen LogP contribution in [-0.2, 0) is 11.2 Å². The predicted molar refractivity (Wildman–Crippen MR) is 83.4 cm³/mol. The third-order valence-corrected chi connectivity index (χ3v) is 3.60. The van der Waals surface area contributed by atoms with E-state index in [-0.39, 0.29) is 18.1 Å². The third-order valence-electron chi connectivity index (χ3n) is 3.60. The van der Waals surface area contributed by atoms with Crippen LogP contribution in [0.3, 0.4) is 0 Å². The summed E-state index contributed by atoms with van der Waals surface area (Å²) in [7, 11) is 0. The monoisotopic (exact) mass is 297 g/mol. The second-order valence-electron chi connectivity index (χ2n) is 5.37. The fourth-order valence-corrected chi connectivity index (χ4v) is 2.29. The van der Waals surface area contributed by atoms with Crippen LogP contribution in [0.2, 0.25) is 0 Å². The Morgan fingerprint density at radius 1 is 1.18 bits per heavy atom. The Morgan fingerprint density at radius 3 is 2.77 bits per heavy atom. The molecule has 3 rings (SSSR count). The van der Waals surface area contributed by atoms with Crippen molar-refractivity contribution in [2.45, 2.75) is 20.3 Å². The molecule has 3 aromatic rings. The van der Waals surface area contributed by atoms with Gasteiger partial charge in [-0.15, -0.1) is 0 Å². The molecule has 4 nitrogen and oxygen atoms in total. The highest BCUT2D eigenvalue weighted by Gasteiger charge is 2.09. The molecule has 2 heterocycles. The van der Waals surface area contributed by atoms with E-state index in [1.165, 1.54) is 17.8 Å². The first-order chi connectivity index (χ1) is 10.5. The van der Waals surface area contributed by atoms with Crippen molar-refractivity contribution in [3.05, 3.63) is 65.4 Å². The summed E-state index contributed by atoms with van der Waals surface area (Å²) in [5.74, 6) is -0.483. The lowest BCUT2D eigenvalue weighted by atomic mass is 10.1. The Labute approximate surface area is 127 Å². The maximum atomic E-state index is 13.1. The zero-order valence-corrected chi connectivity index (χ0v) is 12.4. The number of hydrogen-bond acceptors (Lipinski definition) is 2. The van der Waals surface area contributed by atoms with Crippen LogP contribution in [0.5, 0.6) is 0 Å². The molecule has 0 radical (unpaired) electrons. The van der Waals surface area contributed by atoms with Crippen LogP contribution in [0.4, 0.5) is 10.1 Å². The van der Waals surface area contributed by atoms with Gasteiger partial charge in [0, 0.05) is 18.1 Å². The topological polar surface area (TPSA) is 46.4 Å². The van der Waals surface area contributed by atoms with Crippen LogP contribution < -0.4 is 5.32 Å². The number of halogens is 1. The van der Waals surface area contributed by atoms with Crippen molar-refractivity contribution >= 4 is 17.2 Å².